The van der Waals surface area contributed by atoms with Crippen LogP contribution in [0.5, 0.6) is 0 Å². The maximum absolute atomic E-state index is 11.0. The first-order valence-electron chi connectivity index (χ1n) is 4.33. The van der Waals surface area contributed by atoms with Gasteiger partial charge in [-0.15, -0.1) is 0 Å². The second-order valence-corrected chi connectivity index (χ2v) is 5.53. The highest BCUT2D eigenvalue weighted by molar-refractivity contribution is 7.88. The molecule has 0 unspecified atom stereocenters. The van der Waals surface area contributed by atoms with E-state index in [1.165, 1.54) is 10.6 Å². The summed E-state index contributed by atoms with van der Waals surface area (Å²) in [6.07, 6.45) is 1.19. The number of nitrogens with zero attached hydrogens (tertiary/aromatic N) is 1. The van der Waals surface area contributed by atoms with Gasteiger partial charge in [0, 0.05) is 19.6 Å². The van der Waals surface area contributed by atoms with Crippen LogP contribution in [0.1, 0.15) is 0 Å². The number of rotatable bonds is 5. The summed E-state index contributed by atoms with van der Waals surface area (Å²) in [4.78, 5) is 10.4. The molecule has 6 nitrogen and oxygen atoms in total. The Hall–Kier alpha value is -0.660. The third-order valence-corrected chi connectivity index (χ3v) is 3.36. The average molecular weight is 221 g/mol. The fourth-order valence-corrected chi connectivity index (χ4v) is 2.29. The van der Waals surface area contributed by atoms with E-state index in [1.54, 1.807) is 0 Å². The molecule has 1 saturated heterocycles. The fraction of sp³-hybridized carbons (Fsp3) is 0.857. The lowest BCUT2D eigenvalue weighted by Gasteiger charge is -2.37. The molecule has 0 radical (unpaired) electrons. The van der Waals surface area contributed by atoms with Gasteiger partial charge < -0.3 is 11.1 Å². The van der Waals surface area contributed by atoms with Gasteiger partial charge in [-0.25, -0.2) is 12.7 Å². The molecule has 1 amide bonds. The van der Waals surface area contributed by atoms with Crippen molar-refractivity contribution in [3.63, 3.8) is 0 Å². The Morgan fingerprint density at radius 1 is 1.57 bits per heavy atom. The van der Waals surface area contributed by atoms with Crippen molar-refractivity contribution < 1.29 is 13.2 Å². The van der Waals surface area contributed by atoms with Crippen molar-refractivity contribution in [1.82, 2.24) is 9.62 Å². The molecular formula is C7H15N3O3S. The molecule has 1 fully saturated rings. The van der Waals surface area contributed by atoms with Crippen LogP contribution in [0.15, 0.2) is 0 Å². The molecule has 1 aliphatic heterocycles. The van der Waals surface area contributed by atoms with Crippen LogP contribution in [0.3, 0.4) is 0 Å². The zero-order valence-corrected chi connectivity index (χ0v) is 8.88. The summed E-state index contributed by atoms with van der Waals surface area (Å²) in [5, 5.41) is 2.86. The van der Waals surface area contributed by atoms with Crippen molar-refractivity contribution in [3.8, 4) is 0 Å². The van der Waals surface area contributed by atoms with E-state index in [2.05, 4.69) is 5.32 Å². The predicted octanol–water partition coefficient (Wildman–Crippen LogP) is -2.05. The van der Waals surface area contributed by atoms with Crippen molar-refractivity contribution >= 4 is 15.9 Å². The molecule has 0 aromatic carbocycles. The van der Waals surface area contributed by atoms with E-state index in [4.69, 9.17) is 5.73 Å². The largest absolute Gasteiger partial charge is 0.369 e. The number of primary amides is 1. The molecule has 1 rings (SSSR count). The number of nitrogens with one attached hydrogen (secondary N) is 1. The summed E-state index contributed by atoms with van der Waals surface area (Å²) in [6.45, 7) is 1.85. The molecule has 0 spiro atoms. The van der Waals surface area contributed by atoms with Crippen molar-refractivity contribution in [2.75, 3.05) is 32.4 Å². The Labute approximate surface area is 83.5 Å². The number of carbonyl (C=O) groups excluding carboxylic acids is 1. The first-order valence-corrected chi connectivity index (χ1v) is 6.18. The van der Waals surface area contributed by atoms with Gasteiger partial charge in [0.2, 0.25) is 15.9 Å². The SMILES string of the molecule is CS(=O)(=O)N1CC(CNCC(N)=O)C1. The summed E-state index contributed by atoms with van der Waals surface area (Å²) in [7, 11) is -3.03. The van der Waals surface area contributed by atoms with E-state index in [0.717, 1.165) is 0 Å². The standard InChI is InChI=1S/C7H15N3O3S/c1-14(12,13)10-4-6(5-10)2-9-3-7(8)11/h6,9H,2-5H2,1H3,(H2,8,11). The van der Waals surface area contributed by atoms with Crippen molar-refractivity contribution in [3.05, 3.63) is 0 Å². The van der Waals surface area contributed by atoms with Gasteiger partial charge in [-0.2, -0.15) is 0 Å². The minimum atomic E-state index is -3.03. The van der Waals surface area contributed by atoms with E-state index in [9.17, 15) is 13.2 Å². The van der Waals surface area contributed by atoms with E-state index < -0.39 is 15.9 Å². The topological polar surface area (TPSA) is 92.5 Å². The van der Waals surface area contributed by atoms with Crippen molar-refractivity contribution in [1.29, 1.82) is 0 Å². The van der Waals surface area contributed by atoms with E-state index in [1.807, 2.05) is 0 Å². The Kier molecular flexibility index (Phi) is 3.46. The molecule has 0 bridgehead atoms. The lowest BCUT2D eigenvalue weighted by molar-refractivity contribution is -0.117. The molecule has 14 heavy (non-hydrogen) atoms. The van der Waals surface area contributed by atoms with Crippen LogP contribution in [0, 0.1) is 5.92 Å². The Balaban J connectivity index is 2.14. The third-order valence-electron chi connectivity index (χ3n) is 2.12. The highest BCUT2D eigenvalue weighted by Gasteiger charge is 2.32. The average Bonchev–Trinajstić information content (AvgIpc) is 1.90. The molecule has 0 aromatic heterocycles. The van der Waals surface area contributed by atoms with E-state index in [0.29, 0.717) is 25.6 Å². The smallest absolute Gasteiger partial charge is 0.231 e. The minimum Gasteiger partial charge on any atom is -0.369 e. The second-order valence-electron chi connectivity index (χ2n) is 3.54. The Bertz CT molecular complexity index is 308. The summed E-state index contributed by atoms with van der Waals surface area (Å²) in [6, 6.07) is 0. The predicted molar refractivity (Wildman–Crippen MR) is 52.0 cm³/mol. The Morgan fingerprint density at radius 3 is 2.57 bits per heavy atom. The number of nitrogens with two attached hydrogens (primary N) is 1. The van der Waals surface area contributed by atoms with Gasteiger partial charge in [0.15, 0.2) is 0 Å². The molecule has 82 valence electrons. The highest BCUT2D eigenvalue weighted by atomic mass is 32.2. The molecule has 0 aromatic rings. The summed E-state index contributed by atoms with van der Waals surface area (Å²) < 4.78 is 23.4. The molecule has 1 aliphatic rings. The lowest BCUT2D eigenvalue weighted by atomic mass is 10.0. The van der Waals surface area contributed by atoms with Crippen LogP contribution in [-0.4, -0.2) is 51.1 Å². The van der Waals surface area contributed by atoms with Crippen LogP contribution in [0.4, 0.5) is 0 Å². The zero-order chi connectivity index (χ0) is 10.8. The maximum Gasteiger partial charge on any atom is 0.231 e. The first-order chi connectivity index (χ1) is 6.39. The number of hydrogen-bond acceptors (Lipinski definition) is 4. The zero-order valence-electron chi connectivity index (χ0n) is 8.06. The van der Waals surface area contributed by atoms with Crippen LogP contribution in [0.2, 0.25) is 0 Å². The normalized spacial score (nSPS) is 19.2. The van der Waals surface area contributed by atoms with Gasteiger partial charge in [0.25, 0.3) is 0 Å². The number of amides is 1. The molecule has 0 atom stereocenters. The van der Waals surface area contributed by atoms with Gasteiger partial charge in [-0.3, -0.25) is 4.79 Å². The summed E-state index contributed by atoms with van der Waals surface area (Å²) >= 11 is 0. The Morgan fingerprint density at radius 2 is 2.14 bits per heavy atom. The summed E-state index contributed by atoms with van der Waals surface area (Å²) in [5.74, 6) is -0.103. The number of carbonyl (C=O) groups is 1. The summed E-state index contributed by atoms with van der Waals surface area (Å²) in [5.41, 5.74) is 4.93. The van der Waals surface area contributed by atoms with E-state index in [-0.39, 0.29) is 6.54 Å². The van der Waals surface area contributed by atoms with E-state index >= 15 is 0 Å². The lowest BCUT2D eigenvalue weighted by Crippen LogP contribution is -2.53. The fourth-order valence-electron chi connectivity index (χ4n) is 1.32. The van der Waals surface area contributed by atoms with Crippen molar-refractivity contribution in [2.24, 2.45) is 11.7 Å². The van der Waals surface area contributed by atoms with Crippen LogP contribution >= 0.6 is 0 Å². The van der Waals surface area contributed by atoms with Gasteiger partial charge >= 0.3 is 0 Å². The molecule has 0 saturated carbocycles. The van der Waals surface area contributed by atoms with Crippen LogP contribution in [0.25, 0.3) is 0 Å². The molecule has 0 aliphatic carbocycles. The molecule has 3 N–H and O–H groups in total. The maximum atomic E-state index is 11.0. The number of sulfonamides is 1. The first kappa shape index (κ1) is 11.4. The second kappa shape index (κ2) is 4.24. The molecular weight excluding hydrogens is 206 g/mol. The number of hydrogen-bond donors (Lipinski definition) is 2. The van der Waals surface area contributed by atoms with Gasteiger partial charge in [0.05, 0.1) is 12.8 Å². The van der Waals surface area contributed by atoms with Gasteiger partial charge in [-0.05, 0) is 5.92 Å². The molecule has 7 heteroatoms. The van der Waals surface area contributed by atoms with Gasteiger partial charge in [0.1, 0.15) is 0 Å². The molecule has 1 heterocycles. The minimum absolute atomic E-state index is 0.148. The van der Waals surface area contributed by atoms with Crippen molar-refractivity contribution in [2.45, 2.75) is 0 Å². The highest BCUT2D eigenvalue weighted by Crippen LogP contribution is 2.17. The van der Waals surface area contributed by atoms with Crippen LogP contribution in [-0.2, 0) is 14.8 Å². The quantitative estimate of drug-likeness (QED) is 0.559. The van der Waals surface area contributed by atoms with Crippen LogP contribution < -0.4 is 11.1 Å². The van der Waals surface area contributed by atoms with Gasteiger partial charge in [-0.1, -0.05) is 0 Å². The monoisotopic (exact) mass is 221 g/mol. The third kappa shape index (κ3) is 3.24.